The lowest BCUT2D eigenvalue weighted by Crippen LogP contribution is -2.32. The van der Waals surface area contributed by atoms with E-state index in [1.165, 1.54) is 12.8 Å². The van der Waals surface area contributed by atoms with E-state index in [1.807, 2.05) is 0 Å². The Bertz CT molecular complexity index is 136. The third kappa shape index (κ3) is 6.49. The lowest BCUT2D eigenvalue weighted by molar-refractivity contribution is -0.0299. The van der Waals surface area contributed by atoms with Crippen LogP contribution in [0.15, 0.2) is 0 Å². The van der Waals surface area contributed by atoms with Gasteiger partial charge in [-0.1, -0.05) is 34.1 Å². The number of hydrogen-bond donors (Lipinski definition) is 0. The first-order valence-electron chi connectivity index (χ1n) is 6.90. The second-order valence-corrected chi connectivity index (χ2v) is 4.71. The molecule has 0 saturated heterocycles. The van der Waals surface area contributed by atoms with Crippen molar-refractivity contribution in [1.29, 1.82) is 0 Å². The van der Waals surface area contributed by atoms with Gasteiger partial charge in [0.2, 0.25) is 0 Å². The molecule has 0 aromatic rings. The van der Waals surface area contributed by atoms with E-state index in [4.69, 9.17) is 9.47 Å². The molecule has 0 saturated carbocycles. The topological polar surface area (TPSA) is 18.5 Å². The summed E-state index contributed by atoms with van der Waals surface area (Å²) in [7, 11) is 0. The lowest BCUT2D eigenvalue weighted by atomic mass is 9.82. The zero-order valence-corrected chi connectivity index (χ0v) is 11.7. The summed E-state index contributed by atoms with van der Waals surface area (Å²) in [6.07, 6.45) is 5.76. The van der Waals surface area contributed by atoms with Gasteiger partial charge in [-0.3, -0.25) is 0 Å². The summed E-state index contributed by atoms with van der Waals surface area (Å²) in [6, 6.07) is 0. The van der Waals surface area contributed by atoms with Gasteiger partial charge in [-0.15, -0.1) is 0 Å². The first-order chi connectivity index (χ1) is 7.74. The van der Waals surface area contributed by atoms with Crippen molar-refractivity contribution in [2.24, 2.45) is 5.41 Å². The van der Waals surface area contributed by atoms with E-state index in [2.05, 4.69) is 27.7 Å². The van der Waals surface area contributed by atoms with Crippen molar-refractivity contribution in [3.05, 3.63) is 0 Å². The monoisotopic (exact) mass is 230 g/mol. The van der Waals surface area contributed by atoms with Gasteiger partial charge in [-0.05, 0) is 25.7 Å². The number of hydrogen-bond acceptors (Lipinski definition) is 2. The van der Waals surface area contributed by atoms with Crippen LogP contribution >= 0.6 is 0 Å². The summed E-state index contributed by atoms with van der Waals surface area (Å²) in [6.45, 7) is 12.3. The Morgan fingerprint density at radius 1 is 0.750 bits per heavy atom. The second kappa shape index (κ2) is 10.1. The summed E-state index contributed by atoms with van der Waals surface area (Å²) < 4.78 is 11.5. The fourth-order valence-corrected chi connectivity index (χ4v) is 1.96. The maximum Gasteiger partial charge on any atom is 0.0544 e. The Kier molecular flexibility index (Phi) is 10.0. The molecule has 0 aromatic carbocycles. The van der Waals surface area contributed by atoms with Crippen molar-refractivity contribution in [2.45, 2.75) is 59.8 Å². The molecule has 0 aliphatic heterocycles. The predicted molar refractivity (Wildman–Crippen MR) is 69.9 cm³/mol. The van der Waals surface area contributed by atoms with Crippen molar-refractivity contribution in [3.63, 3.8) is 0 Å². The Balaban J connectivity index is 4.09. The van der Waals surface area contributed by atoms with Crippen molar-refractivity contribution < 1.29 is 9.47 Å². The summed E-state index contributed by atoms with van der Waals surface area (Å²) in [5.74, 6) is 0. The van der Waals surface area contributed by atoms with Gasteiger partial charge >= 0.3 is 0 Å². The molecule has 0 radical (unpaired) electrons. The maximum atomic E-state index is 5.74. The average Bonchev–Trinajstić information content (AvgIpc) is 2.29. The summed E-state index contributed by atoms with van der Waals surface area (Å²) in [5.41, 5.74) is 0.249. The summed E-state index contributed by atoms with van der Waals surface area (Å²) in [4.78, 5) is 0. The minimum atomic E-state index is 0.249. The van der Waals surface area contributed by atoms with Crippen LogP contribution in [0, 0.1) is 5.41 Å². The van der Waals surface area contributed by atoms with Gasteiger partial charge in [0.25, 0.3) is 0 Å². The van der Waals surface area contributed by atoms with Crippen LogP contribution in [0.5, 0.6) is 0 Å². The molecule has 98 valence electrons. The molecular formula is C14H30O2. The van der Waals surface area contributed by atoms with E-state index in [0.29, 0.717) is 0 Å². The second-order valence-electron chi connectivity index (χ2n) is 4.71. The molecule has 2 nitrogen and oxygen atoms in total. The molecule has 0 rings (SSSR count). The molecule has 0 aliphatic rings. The summed E-state index contributed by atoms with van der Waals surface area (Å²) in [5, 5.41) is 0. The number of rotatable bonds is 11. The summed E-state index contributed by atoms with van der Waals surface area (Å²) >= 11 is 0. The number of ether oxygens (including phenoxy) is 2. The van der Waals surface area contributed by atoms with Crippen molar-refractivity contribution in [2.75, 3.05) is 26.4 Å². The molecule has 16 heavy (non-hydrogen) atoms. The lowest BCUT2D eigenvalue weighted by Gasteiger charge is -2.32. The van der Waals surface area contributed by atoms with Gasteiger partial charge in [-0.25, -0.2) is 0 Å². The standard InChI is InChI=1S/C14H30O2/c1-5-9-14(8-4,12-15-10-6-2)13-16-11-7-3/h5-13H2,1-4H3. The maximum absolute atomic E-state index is 5.74. The Labute approximate surface area is 102 Å². The predicted octanol–water partition coefficient (Wildman–Crippen LogP) is 4.04. The third-order valence-electron chi connectivity index (χ3n) is 3.04. The van der Waals surface area contributed by atoms with E-state index in [9.17, 15) is 0 Å². The van der Waals surface area contributed by atoms with Gasteiger partial charge in [0, 0.05) is 18.6 Å². The van der Waals surface area contributed by atoms with Gasteiger partial charge in [0.05, 0.1) is 13.2 Å². The minimum absolute atomic E-state index is 0.249. The third-order valence-corrected chi connectivity index (χ3v) is 3.04. The average molecular weight is 230 g/mol. The van der Waals surface area contributed by atoms with E-state index in [1.54, 1.807) is 0 Å². The van der Waals surface area contributed by atoms with E-state index >= 15 is 0 Å². The highest BCUT2D eigenvalue weighted by Crippen LogP contribution is 2.29. The smallest absolute Gasteiger partial charge is 0.0544 e. The van der Waals surface area contributed by atoms with Gasteiger partial charge in [0.1, 0.15) is 0 Å². The fraction of sp³-hybridized carbons (Fsp3) is 1.00. The van der Waals surface area contributed by atoms with Crippen LogP contribution < -0.4 is 0 Å². The van der Waals surface area contributed by atoms with Crippen molar-refractivity contribution in [3.8, 4) is 0 Å². The molecule has 0 spiro atoms. The molecule has 0 fully saturated rings. The molecule has 0 N–H and O–H groups in total. The Morgan fingerprint density at radius 3 is 1.56 bits per heavy atom. The first kappa shape index (κ1) is 15.9. The molecular weight excluding hydrogens is 200 g/mol. The van der Waals surface area contributed by atoms with Crippen LogP contribution in [-0.4, -0.2) is 26.4 Å². The largest absolute Gasteiger partial charge is 0.381 e. The van der Waals surface area contributed by atoms with Crippen LogP contribution in [0.2, 0.25) is 0 Å². The quantitative estimate of drug-likeness (QED) is 0.499. The van der Waals surface area contributed by atoms with Crippen LogP contribution in [0.25, 0.3) is 0 Å². The van der Waals surface area contributed by atoms with Crippen LogP contribution in [0.1, 0.15) is 59.8 Å². The van der Waals surface area contributed by atoms with E-state index < -0.39 is 0 Å². The molecule has 0 atom stereocenters. The zero-order chi connectivity index (χ0) is 12.3. The van der Waals surface area contributed by atoms with Gasteiger partial charge in [-0.2, -0.15) is 0 Å². The normalized spacial score (nSPS) is 12.0. The molecule has 2 heteroatoms. The highest BCUT2D eigenvalue weighted by atomic mass is 16.5. The van der Waals surface area contributed by atoms with Crippen LogP contribution in [0.4, 0.5) is 0 Å². The Hall–Kier alpha value is -0.0800. The van der Waals surface area contributed by atoms with E-state index in [-0.39, 0.29) is 5.41 Å². The fourth-order valence-electron chi connectivity index (χ4n) is 1.96. The molecule has 0 bridgehead atoms. The molecule has 0 amide bonds. The first-order valence-corrected chi connectivity index (χ1v) is 6.90. The minimum Gasteiger partial charge on any atom is -0.381 e. The van der Waals surface area contributed by atoms with Gasteiger partial charge in [0.15, 0.2) is 0 Å². The van der Waals surface area contributed by atoms with Gasteiger partial charge < -0.3 is 9.47 Å². The highest BCUT2D eigenvalue weighted by Gasteiger charge is 2.27. The van der Waals surface area contributed by atoms with Crippen LogP contribution in [-0.2, 0) is 9.47 Å². The van der Waals surface area contributed by atoms with Crippen molar-refractivity contribution >= 4 is 0 Å². The highest BCUT2D eigenvalue weighted by molar-refractivity contribution is 4.77. The molecule has 0 unspecified atom stereocenters. The van der Waals surface area contributed by atoms with E-state index in [0.717, 1.165) is 45.7 Å². The Morgan fingerprint density at radius 2 is 1.25 bits per heavy atom. The molecule has 0 aliphatic carbocycles. The zero-order valence-electron chi connectivity index (χ0n) is 11.7. The van der Waals surface area contributed by atoms with Crippen molar-refractivity contribution in [1.82, 2.24) is 0 Å². The molecule has 0 heterocycles. The van der Waals surface area contributed by atoms with Crippen LogP contribution in [0.3, 0.4) is 0 Å². The molecule has 0 aromatic heterocycles. The SMILES string of the molecule is CCCOCC(CC)(CCC)COCCC.